The van der Waals surface area contributed by atoms with Crippen LogP contribution >= 0.6 is 0 Å². The third-order valence-corrected chi connectivity index (χ3v) is 1.82. The smallest absolute Gasteiger partial charge is 0.155 e. The van der Waals surface area contributed by atoms with Crippen molar-refractivity contribution in [3.63, 3.8) is 0 Å². The van der Waals surface area contributed by atoms with Crippen molar-refractivity contribution in [1.82, 2.24) is 14.6 Å². The number of hydrogen-bond donors (Lipinski definition) is 0. The second-order valence-corrected chi connectivity index (χ2v) is 2.87. The van der Waals surface area contributed by atoms with Gasteiger partial charge in [-0.1, -0.05) is 6.07 Å². The van der Waals surface area contributed by atoms with Crippen molar-refractivity contribution in [1.29, 1.82) is 0 Å². The highest BCUT2D eigenvalue weighted by Crippen LogP contribution is 2.04. The molecule has 0 aliphatic rings. The van der Waals surface area contributed by atoms with Crippen molar-refractivity contribution in [3.8, 4) is 0 Å². The number of hydrogen-bond acceptors (Lipinski definition) is 3. The Morgan fingerprint density at radius 1 is 1.54 bits per heavy atom. The summed E-state index contributed by atoms with van der Waals surface area (Å²) in [6.45, 7) is 1.84. The highest BCUT2D eigenvalue weighted by Gasteiger charge is 1.99. The molecule has 0 amide bonds. The van der Waals surface area contributed by atoms with Gasteiger partial charge in [0.15, 0.2) is 5.65 Å². The molecule has 0 saturated carbocycles. The Bertz CT molecular complexity index is 447. The van der Waals surface area contributed by atoms with Gasteiger partial charge >= 0.3 is 0 Å². The molecule has 2 heterocycles. The molecule has 2 rings (SSSR count). The summed E-state index contributed by atoms with van der Waals surface area (Å²) in [6.07, 6.45) is 3.13. The summed E-state index contributed by atoms with van der Waals surface area (Å²) in [7, 11) is 0. The van der Waals surface area contributed by atoms with Crippen molar-refractivity contribution in [3.05, 3.63) is 29.7 Å². The number of carbonyl (C=O) groups excluding carboxylic acids is 1. The Hall–Kier alpha value is -1.71. The zero-order valence-electron chi connectivity index (χ0n) is 7.27. The van der Waals surface area contributed by atoms with Gasteiger partial charge in [-0.15, -0.1) is 0 Å². The maximum Gasteiger partial charge on any atom is 0.155 e. The fourth-order valence-corrected chi connectivity index (χ4v) is 1.25. The number of carbonyl (C=O) groups is 1. The lowest BCUT2D eigenvalue weighted by atomic mass is 10.2. The molecule has 2 aromatic heterocycles. The fourth-order valence-electron chi connectivity index (χ4n) is 1.25. The number of aryl methyl sites for hydroxylation is 1. The van der Waals surface area contributed by atoms with Crippen molar-refractivity contribution in [2.45, 2.75) is 13.3 Å². The maximum absolute atomic E-state index is 10.3. The lowest BCUT2D eigenvalue weighted by molar-refractivity contribution is -0.107. The van der Waals surface area contributed by atoms with E-state index in [1.165, 1.54) is 0 Å². The standard InChI is InChI=1S/C9H9N3O/c1-7-10-9-3-2-8(4-5-13)6-12(9)11-7/h2-3,5-6H,4H2,1H3. The molecule has 0 unspecified atom stereocenters. The number of aromatic nitrogens is 3. The number of aldehydes is 1. The van der Waals surface area contributed by atoms with Gasteiger partial charge in [0.2, 0.25) is 0 Å². The van der Waals surface area contributed by atoms with Crippen LogP contribution < -0.4 is 0 Å². The first-order chi connectivity index (χ1) is 6.29. The molecule has 0 bridgehead atoms. The van der Waals surface area contributed by atoms with E-state index in [0.717, 1.165) is 23.3 Å². The first-order valence-electron chi connectivity index (χ1n) is 4.05. The van der Waals surface area contributed by atoms with Crippen LogP contribution in [-0.2, 0) is 11.2 Å². The molecule has 0 atom stereocenters. The van der Waals surface area contributed by atoms with E-state index in [1.54, 1.807) is 4.52 Å². The maximum atomic E-state index is 10.3. The van der Waals surface area contributed by atoms with Gasteiger partial charge < -0.3 is 4.79 Å². The molecule has 0 saturated heterocycles. The fraction of sp³-hybridized carbons (Fsp3) is 0.222. The van der Waals surface area contributed by atoms with Crippen LogP contribution in [0.1, 0.15) is 11.4 Å². The van der Waals surface area contributed by atoms with Crippen molar-refractivity contribution >= 4 is 11.9 Å². The lowest BCUT2D eigenvalue weighted by Gasteiger charge is -1.94. The van der Waals surface area contributed by atoms with Gasteiger partial charge in [-0.25, -0.2) is 9.50 Å². The van der Waals surface area contributed by atoms with Crippen molar-refractivity contribution in [2.24, 2.45) is 0 Å². The summed E-state index contributed by atoms with van der Waals surface area (Å²) >= 11 is 0. The van der Waals surface area contributed by atoms with Crippen LogP contribution in [0.3, 0.4) is 0 Å². The lowest BCUT2D eigenvalue weighted by Crippen LogP contribution is -1.92. The number of rotatable bonds is 2. The molecule has 0 aliphatic heterocycles. The molecule has 0 aliphatic carbocycles. The van der Waals surface area contributed by atoms with Gasteiger partial charge in [-0.3, -0.25) is 0 Å². The number of fused-ring (bicyclic) bond motifs is 1. The van der Waals surface area contributed by atoms with Crippen LogP contribution in [-0.4, -0.2) is 20.9 Å². The van der Waals surface area contributed by atoms with E-state index < -0.39 is 0 Å². The zero-order valence-corrected chi connectivity index (χ0v) is 7.27. The van der Waals surface area contributed by atoms with E-state index >= 15 is 0 Å². The van der Waals surface area contributed by atoms with Gasteiger partial charge in [-0.05, 0) is 18.6 Å². The monoisotopic (exact) mass is 175 g/mol. The third kappa shape index (κ3) is 1.42. The van der Waals surface area contributed by atoms with Crippen LogP contribution in [0.15, 0.2) is 18.3 Å². The van der Waals surface area contributed by atoms with E-state index in [-0.39, 0.29) is 0 Å². The SMILES string of the molecule is Cc1nc2ccc(CC=O)cn2n1. The Balaban J connectivity index is 2.54. The van der Waals surface area contributed by atoms with E-state index in [9.17, 15) is 4.79 Å². The average molecular weight is 175 g/mol. The normalized spacial score (nSPS) is 10.5. The van der Waals surface area contributed by atoms with Gasteiger partial charge in [-0.2, -0.15) is 5.10 Å². The molecule has 0 spiro atoms. The summed E-state index contributed by atoms with van der Waals surface area (Å²) < 4.78 is 1.69. The quantitative estimate of drug-likeness (QED) is 0.633. The molecule has 4 nitrogen and oxygen atoms in total. The molecule has 66 valence electrons. The second kappa shape index (κ2) is 2.97. The summed E-state index contributed by atoms with van der Waals surface area (Å²) in [5, 5.41) is 4.15. The third-order valence-electron chi connectivity index (χ3n) is 1.82. The Labute approximate surface area is 75.2 Å². The topological polar surface area (TPSA) is 47.3 Å². The molecule has 0 N–H and O–H groups in total. The van der Waals surface area contributed by atoms with Crippen molar-refractivity contribution < 1.29 is 4.79 Å². The predicted molar refractivity (Wildman–Crippen MR) is 47.5 cm³/mol. The molecular formula is C9H9N3O. The van der Waals surface area contributed by atoms with Gasteiger partial charge in [0, 0.05) is 12.6 Å². The molecule has 2 aromatic rings. The number of nitrogens with zero attached hydrogens (tertiary/aromatic N) is 3. The summed E-state index contributed by atoms with van der Waals surface area (Å²) in [5.74, 6) is 0.739. The number of pyridine rings is 1. The van der Waals surface area contributed by atoms with Crippen LogP contribution in [0, 0.1) is 6.92 Å². The first-order valence-corrected chi connectivity index (χ1v) is 4.05. The minimum Gasteiger partial charge on any atom is -0.303 e. The average Bonchev–Trinajstić information content (AvgIpc) is 2.44. The predicted octanol–water partition coefficient (Wildman–Crippen LogP) is 0.779. The Morgan fingerprint density at radius 3 is 3.15 bits per heavy atom. The Kier molecular flexibility index (Phi) is 1.81. The van der Waals surface area contributed by atoms with Crippen LogP contribution in [0.2, 0.25) is 0 Å². The summed E-state index contributed by atoms with van der Waals surface area (Å²) in [6, 6.07) is 3.75. The minimum atomic E-state index is 0.425. The van der Waals surface area contributed by atoms with Crippen LogP contribution in [0.5, 0.6) is 0 Å². The van der Waals surface area contributed by atoms with E-state index in [1.807, 2.05) is 25.3 Å². The minimum absolute atomic E-state index is 0.425. The molecule has 4 heteroatoms. The molecule has 0 radical (unpaired) electrons. The van der Waals surface area contributed by atoms with E-state index in [0.29, 0.717) is 6.42 Å². The summed E-state index contributed by atoms with van der Waals surface area (Å²) in [5.41, 5.74) is 1.76. The van der Waals surface area contributed by atoms with Gasteiger partial charge in [0.1, 0.15) is 12.1 Å². The summed E-state index contributed by atoms with van der Waals surface area (Å²) in [4.78, 5) is 14.4. The zero-order chi connectivity index (χ0) is 9.26. The first kappa shape index (κ1) is 7.91. The molecule has 13 heavy (non-hydrogen) atoms. The van der Waals surface area contributed by atoms with Crippen LogP contribution in [0.25, 0.3) is 5.65 Å². The van der Waals surface area contributed by atoms with Crippen LogP contribution in [0.4, 0.5) is 0 Å². The highest BCUT2D eigenvalue weighted by molar-refractivity contribution is 5.55. The highest BCUT2D eigenvalue weighted by atomic mass is 16.1. The largest absolute Gasteiger partial charge is 0.303 e. The van der Waals surface area contributed by atoms with E-state index in [4.69, 9.17) is 0 Å². The van der Waals surface area contributed by atoms with E-state index in [2.05, 4.69) is 10.1 Å². The van der Waals surface area contributed by atoms with Gasteiger partial charge in [0.05, 0.1) is 0 Å². The second-order valence-electron chi connectivity index (χ2n) is 2.87. The van der Waals surface area contributed by atoms with Crippen molar-refractivity contribution in [2.75, 3.05) is 0 Å². The molecular weight excluding hydrogens is 166 g/mol. The van der Waals surface area contributed by atoms with Gasteiger partial charge in [0.25, 0.3) is 0 Å². The Morgan fingerprint density at radius 2 is 2.38 bits per heavy atom. The molecule has 0 fully saturated rings. The molecule has 0 aromatic carbocycles.